The van der Waals surface area contributed by atoms with Gasteiger partial charge in [0.25, 0.3) is 5.91 Å². The molecule has 0 radical (unpaired) electrons. The first-order valence-corrected chi connectivity index (χ1v) is 10.3. The van der Waals surface area contributed by atoms with Gasteiger partial charge in [0.1, 0.15) is 16.5 Å². The highest BCUT2D eigenvalue weighted by atomic mass is 32.2. The Hall–Kier alpha value is -2.45. The molecule has 0 aliphatic rings. The molecule has 2 aromatic rings. The molecular formula is C20H27N3O4S. The predicted octanol–water partition coefficient (Wildman–Crippen LogP) is 3.04. The average Bonchev–Trinajstić information content (AvgIpc) is 2.61. The zero-order valence-corrected chi connectivity index (χ0v) is 17.9. The molecule has 152 valence electrons. The molecule has 1 atom stereocenters. The number of nitrogens with zero attached hydrogens (tertiary/aromatic N) is 2. The lowest BCUT2D eigenvalue weighted by molar-refractivity contribution is -0.122. The molecule has 0 bridgehead atoms. The number of hydrogen-bond donors (Lipinski definition) is 1. The summed E-state index contributed by atoms with van der Waals surface area (Å²) in [5.74, 6) is 0.480. The van der Waals surface area contributed by atoms with Gasteiger partial charge in [0.05, 0.1) is 0 Å². The summed E-state index contributed by atoms with van der Waals surface area (Å²) < 4.78 is 31.0. The number of nitrogens with one attached hydrogen (secondary N) is 1. The van der Waals surface area contributed by atoms with Gasteiger partial charge < -0.3 is 10.1 Å². The van der Waals surface area contributed by atoms with Crippen LogP contribution in [-0.4, -0.2) is 43.8 Å². The zero-order valence-electron chi connectivity index (χ0n) is 17.1. The lowest BCUT2D eigenvalue weighted by Crippen LogP contribution is -2.30. The van der Waals surface area contributed by atoms with Crippen LogP contribution < -0.4 is 10.1 Å². The maximum absolute atomic E-state index is 12.4. The van der Waals surface area contributed by atoms with Crippen LogP contribution in [0.1, 0.15) is 33.3 Å². The van der Waals surface area contributed by atoms with Crippen molar-refractivity contribution < 1.29 is 17.9 Å². The molecule has 8 heteroatoms. The molecule has 2 rings (SSSR count). The van der Waals surface area contributed by atoms with Gasteiger partial charge in [-0.15, -0.1) is 0 Å². The van der Waals surface area contributed by atoms with E-state index in [-0.39, 0.29) is 22.0 Å². The summed E-state index contributed by atoms with van der Waals surface area (Å²) in [5.41, 5.74) is 1.08. The van der Waals surface area contributed by atoms with Crippen molar-refractivity contribution in [3.05, 3.63) is 48.2 Å². The zero-order chi connectivity index (χ0) is 21.1. The van der Waals surface area contributed by atoms with Gasteiger partial charge in [-0.05, 0) is 42.2 Å². The first-order chi connectivity index (χ1) is 12.9. The first-order valence-electron chi connectivity index (χ1n) is 8.88. The van der Waals surface area contributed by atoms with Crippen LogP contribution >= 0.6 is 0 Å². The molecule has 0 aliphatic carbocycles. The van der Waals surface area contributed by atoms with Crippen molar-refractivity contribution in [1.29, 1.82) is 0 Å². The van der Waals surface area contributed by atoms with E-state index in [9.17, 15) is 13.2 Å². The Morgan fingerprint density at radius 1 is 1.18 bits per heavy atom. The fraction of sp³-hybridized carbons (Fsp3) is 0.400. The van der Waals surface area contributed by atoms with Crippen LogP contribution in [-0.2, 0) is 20.2 Å². The lowest BCUT2D eigenvalue weighted by Gasteiger charge is -2.21. The molecule has 1 amide bonds. The van der Waals surface area contributed by atoms with E-state index in [0.29, 0.717) is 5.75 Å². The minimum atomic E-state index is -3.56. The van der Waals surface area contributed by atoms with Gasteiger partial charge in [0, 0.05) is 20.3 Å². The van der Waals surface area contributed by atoms with Crippen molar-refractivity contribution in [2.45, 2.75) is 44.1 Å². The van der Waals surface area contributed by atoms with E-state index in [0.717, 1.165) is 9.87 Å². The van der Waals surface area contributed by atoms with E-state index in [4.69, 9.17) is 4.74 Å². The normalized spacial score (nSPS) is 13.2. The Bertz CT molecular complexity index is 933. The van der Waals surface area contributed by atoms with Gasteiger partial charge in [0.2, 0.25) is 10.0 Å². The number of benzene rings is 1. The smallest absolute Gasteiger partial charge is 0.266 e. The monoisotopic (exact) mass is 405 g/mol. The standard InChI is InChI=1S/C20H27N3O4S/c1-14(27-16-9-7-8-15(12-16)20(2,3)4)19(24)22-18-11-10-17(13-21-18)28(25,26)23(5)6/h7-14H,1-6H3,(H,21,22,24)/t14-/m0/s1. The largest absolute Gasteiger partial charge is 0.481 e. The first kappa shape index (κ1) is 21.8. The third kappa shape index (κ3) is 5.30. The molecule has 28 heavy (non-hydrogen) atoms. The van der Waals surface area contributed by atoms with Gasteiger partial charge in [-0.3, -0.25) is 4.79 Å². The Morgan fingerprint density at radius 3 is 2.39 bits per heavy atom. The van der Waals surface area contributed by atoms with E-state index in [2.05, 4.69) is 31.1 Å². The molecule has 1 N–H and O–H groups in total. The van der Waals surface area contributed by atoms with Crippen molar-refractivity contribution in [2.24, 2.45) is 0 Å². The number of aromatic nitrogens is 1. The molecule has 0 unspecified atom stereocenters. The van der Waals surface area contributed by atoms with Crippen molar-refractivity contribution in [1.82, 2.24) is 9.29 Å². The summed E-state index contributed by atoms with van der Waals surface area (Å²) in [6, 6.07) is 10.5. The highest BCUT2D eigenvalue weighted by molar-refractivity contribution is 7.89. The van der Waals surface area contributed by atoms with E-state index in [1.54, 1.807) is 13.0 Å². The van der Waals surface area contributed by atoms with Crippen LogP contribution in [0.5, 0.6) is 5.75 Å². The number of ether oxygens (including phenoxy) is 1. The van der Waals surface area contributed by atoms with Crippen LogP contribution in [0.15, 0.2) is 47.5 Å². The average molecular weight is 406 g/mol. The third-order valence-electron chi connectivity index (χ3n) is 4.15. The van der Waals surface area contributed by atoms with E-state index < -0.39 is 16.1 Å². The van der Waals surface area contributed by atoms with Crippen LogP contribution in [0.3, 0.4) is 0 Å². The Morgan fingerprint density at radius 2 is 1.86 bits per heavy atom. The van der Waals surface area contributed by atoms with Gasteiger partial charge in [0.15, 0.2) is 6.10 Å². The molecule has 1 aromatic carbocycles. The number of carbonyl (C=O) groups excluding carboxylic acids is 1. The molecule has 0 aliphatic heterocycles. The number of sulfonamides is 1. The number of anilines is 1. The summed E-state index contributed by atoms with van der Waals surface area (Å²) in [7, 11) is -0.676. The summed E-state index contributed by atoms with van der Waals surface area (Å²) >= 11 is 0. The van der Waals surface area contributed by atoms with Gasteiger partial charge in [-0.1, -0.05) is 32.9 Å². The number of pyridine rings is 1. The fourth-order valence-corrected chi connectivity index (χ4v) is 3.19. The van der Waals surface area contributed by atoms with Crippen molar-refractivity contribution in [2.75, 3.05) is 19.4 Å². The summed E-state index contributed by atoms with van der Waals surface area (Å²) in [5, 5.41) is 2.63. The SMILES string of the molecule is C[C@H](Oc1cccc(C(C)(C)C)c1)C(=O)Nc1ccc(S(=O)(=O)N(C)C)cn1. The van der Waals surface area contributed by atoms with Gasteiger partial charge in [-0.2, -0.15) is 0 Å². The number of rotatable bonds is 6. The molecule has 7 nitrogen and oxygen atoms in total. The van der Waals surface area contributed by atoms with Gasteiger partial charge >= 0.3 is 0 Å². The maximum Gasteiger partial charge on any atom is 0.266 e. The van der Waals surface area contributed by atoms with Crippen LogP contribution in [0, 0.1) is 0 Å². The second-order valence-electron chi connectivity index (χ2n) is 7.69. The van der Waals surface area contributed by atoms with E-state index in [1.807, 2.05) is 18.2 Å². The van der Waals surface area contributed by atoms with Gasteiger partial charge in [-0.25, -0.2) is 17.7 Å². The van der Waals surface area contributed by atoms with Crippen LogP contribution in [0.2, 0.25) is 0 Å². The molecule has 1 aromatic heterocycles. The molecule has 1 heterocycles. The Labute approximate surface area is 166 Å². The summed E-state index contributed by atoms with van der Waals surface area (Å²) in [4.78, 5) is 16.5. The molecule has 0 fully saturated rings. The topological polar surface area (TPSA) is 88.6 Å². The summed E-state index contributed by atoms with van der Waals surface area (Å²) in [6.45, 7) is 7.96. The number of hydrogen-bond acceptors (Lipinski definition) is 5. The van der Waals surface area contributed by atoms with Crippen LogP contribution in [0.25, 0.3) is 0 Å². The Balaban J connectivity index is 2.05. The van der Waals surface area contributed by atoms with E-state index in [1.165, 1.54) is 32.4 Å². The van der Waals surface area contributed by atoms with E-state index >= 15 is 0 Å². The minimum absolute atomic E-state index is 0.0244. The second kappa shape index (κ2) is 8.28. The predicted molar refractivity (Wildman–Crippen MR) is 109 cm³/mol. The van der Waals surface area contributed by atoms with Crippen molar-refractivity contribution in [3.63, 3.8) is 0 Å². The second-order valence-corrected chi connectivity index (χ2v) is 9.85. The fourth-order valence-electron chi connectivity index (χ4n) is 2.34. The Kier molecular flexibility index (Phi) is 6.46. The quantitative estimate of drug-likeness (QED) is 0.798. The summed E-state index contributed by atoms with van der Waals surface area (Å²) in [6.07, 6.45) is 0.464. The highest BCUT2D eigenvalue weighted by Crippen LogP contribution is 2.26. The molecule has 0 spiro atoms. The van der Waals surface area contributed by atoms with Crippen molar-refractivity contribution in [3.8, 4) is 5.75 Å². The molecule has 0 saturated carbocycles. The number of carbonyl (C=O) groups is 1. The molecular weight excluding hydrogens is 378 g/mol. The molecule has 0 saturated heterocycles. The van der Waals surface area contributed by atoms with Crippen LogP contribution in [0.4, 0.5) is 5.82 Å². The lowest BCUT2D eigenvalue weighted by atomic mass is 9.87. The number of amides is 1. The minimum Gasteiger partial charge on any atom is -0.481 e. The maximum atomic E-state index is 12.4. The highest BCUT2D eigenvalue weighted by Gasteiger charge is 2.20. The van der Waals surface area contributed by atoms with Crippen molar-refractivity contribution >= 4 is 21.7 Å². The third-order valence-corrected chi connectivity index (χ3v) is 5.95.